The van der Waals surface area contributed by atoms with Gasteiger partial charge in [-0.15, -0.1) is 0 Å². The van der Waals surface area contributed by atoms with Gasteiger partial charge in [-0.3, -0.25) is 4.99 Å². The summed E-state index contributed by atoms with van der Waals surface area (Å²) in [5, 5.41) is 13.3. The van der Waals surface area contributed by atoms with E-state index >= 15 is 0 Å². The molecule has 1 aliphatic carbocycles. The number of aliphatic imine (C=N–C) groups is 1. The fourth-order valence-electron chi connectivity index (χ4n) is 3.35. The molecule has 0 aromatic heterocycles. The lowest BCUT2D eigenvalue weighted by molar-refractivity contribution is 0.136. The minimum Gasteiger partial charge on any atom is -0.393 e. The van der Waals surface area contributed by atoms with Crippen LogP contribution in [0.2, 0.25) is 0 Å². The molecule has 0 radical (unpaired) electrons. The fraction of sp³-hybridized carbons (Fsp3) is 0.938. The van der Waals surface area contributed by atoms with Crippen LogP contribution in [0.5, 0.6) is 0 Å². The number of aliphatic hydroxyl groups excluding tert-OH is 1. The second kappa shape index (κ2) is 6.79. The molecule has 3 atom stereocenters. The van der Waals surface area contributed by atoms with Gasteiger partial charge in [0.2, 0.25) is 0 Å². The summed E-state index contributed by atoms with van der Waals surface area (Å²) in [5.41, 5.74) is 0.434. The van der Waals surface area contributed by atoms with Crippen LogP contribution >= 0.6 is 0 Å². The van der Waals surface area contributed by atoms with Crippen LogP contribution < -0.4 is 5.32 Å². The van der Waals surface area contributed by atoms with Crippen molar-refractivity contribution in [3.8, 4) is 0 Å². The van der Waals surface area contributed by atoms with Crippen molar-refractivity contribution < 1.29 is 5.11 Å². The first-order valence-electron chi connectivity index (χ1n) is 8.29. The summed E-state index contributed by atoms with van der Waals surface area (Å²) in [6, 6.07) is 0. The van der Waals surface area contributed by atoms with Gasteiger partial charge in [0.15, 0.2) is 5.96 Å². The van der Waals surface area contributed by atoms with Gasteiger partial charge in [0.05, 0.1) is 6.10 Å². The third-order valence-corrected chi connectivity index (χ3v) is 5.14. The molecule has 1 saturated carbocycles. The molecule has 1 heterocycles. The van der Waals surface area contributed by atoms with E-state index in [-0.39, 0.29) is 6.10 Å². The molecule has 1 saturated heterocycles. The van der Waals surface area contributed by atoms with E-state index in [1.807, 2.05) is 0 Å². The fourth-order valence-corrected chi connectivity index (χ4v) is 3.35. The molecule has 20 heavy (non-hydrogen) atoms. The van der Waals surface area contributed by atoms with E-state index in [1.165, 1.54) is 12.8 Å². The standard InChI is InChI=1S/C16H31N3O/c1-4-16(3)9-10-19(12-16)15(17-5-2)18-11-13-7-6-8-14(13)20/h13-14,20H,4-12H2,1-3H3,(H,17,18). The monoisotopic (exact) mass is 281 g/mol. The van der Waals surface area contributed by atoms with Crippen LogP contribution in [0.1, 0.15) is 52.9 Å². The summed E-state index contributed by atoms with van der Waals surface area (Å²) >= 11 is 0. The van der Waals surface area contributed by atoms with Crippen molar-refractivity contribution in [2.24, 2.45) is 16.3 Å². The molecule has 2 fully saturated rings. The van der Waals surface area contributed by atoms with Crippen molar-refractivity contribution in [1.29, 1.82) is 0 Å². The Bertz CT molecular complexity index is 345. The molecule has 2 aliphatic rings. The Labute approximate surface area is 123 Å². The Balaban J connectivity index is 1.96. The summed E-state index contributed by atoms with van der Waals surface area (Å²) in [7, 11) is 0. The smallest absolute Gasteiger partial charge is 0.193 e. The SMILES string of the molecule is CCNC(=NCC1CCCC1O)N1CCC(C)(CC)C1. The van der Waals surface area contributed by atoms with E-state index < -0.39 is 0 Å². The molecule has 4 heteroatoms. The van der Waals surface area contributed by atoms with Crippen LogP contribution in [0.15, 0.2) is 4.99 Å². The first-order valence-corrected chi connectivity index (χ1v) is 8.29. The zero-order valence-electron chi connectivity index (χ0n) is 13.4. The van der Waals surface area contributed by atoms with Gasteiger partial charge >= 0.3 is 0 Å². The number of hydrogen-bond donors (Lipinski definition) is 2. The van der Waals surface area contributed by atoms with Gasteiger partial charge in [-0.2, -0.15) is 0 Å². The average Bonchev–Trinajstić information content (AvgIpc) is 3.02. The lowest BCUT2D eigenvalue weighted by atomic mass is 9.87. The number of guanidine groups is 1. The number of nitrogens with zero attached hydrogens (tertiary/aromatic N) is 2. The first-order chi connectivity index (χ1) is 9.58. The molecule has 0 amide bonds. The van der Waals surface area contributed by atoms with Crippen molar-refractivity contribution >= 4 is 5.96 Å². The summed E-state index contributed by atoms with van der Waals surface area (Å²) in [4.78, 5) is 7.20. The van der Waals surface area contributed by atoms with Gasteiger partial charge in [-0.05, 0) is 38.0 Å². The van der Waals surface area contributed by atoms with Crippen molar-refractivity contribution in [3.63, 3.8) is 0 Å². The molecule has 3 unspecified atom stereocenters. The van der Waals surface area contributed by atoms with Gasteiger partial charge in [0.25, 0.3) is 0 Å². The van der Waals surface area contributed by atoms with Gasteiger partial charge in [-0.25, -0.2) is 0 Å². The van der Waals surface area contributed by atoms with Crippen molar-refractivity contribution in [1.82, 2.24) is 10.2 Å². The van der Waals surface area contributed by atoms with E-state index in [0.717, 1.165) is 51.4 Å². The average molecular weight is 281 g/mol. The number of likely N-dealkylation sites (tertiary alicyclic amines) is 1. The number of nitrogens with one attached hydrogen (secondary N) is 1. The molecular formula is C16H31N3O. The number of aliphatic hydroxyl groups is 1. The Morgan fingerprint density at radius 1 is 1.40 bits per heavy atom. The lowest BCUT2D eigenvalue weighted by Gasteiger charge is -2.26. The highest BCUT2D eigenvalue weighted by molar-refractivity contribution is 5.80. The Morgan fingerprint density at radius 3 is 2.75 bits per heavy atom. The van der Waals surface area contributed by atoms with Crippen LogP contribution in [-0.2, 0) is 0 Å². The maximum Gasteiger partial charge on any atom is 0.193 e. The molecule has 4 nitrogen and oxygen atoms in total. The highest BCUT2D eigenvalue weighted by atomic mass is 16.3. The summed E-state index contributed by atoms with van der Waals surface area (Å²) in [5.74, 6) is 1.41. The molecule has 1 aliphatic heterocycles. The normalized spacial score (nSPS) is 34.8. The zero-order chi connectivity index (χ0) is 14.6. The van der Waals surface area contributed by atoms with Crippen molar-refractivity contribution in [2.75, 3.05) is 26.2 Å². The molecule has 0 aromatic rings. The largest absolute Gasteiger partial charge is 0.393 e. The molecule has 2 N–H and O–H groups in total. The molecule has 2 rings (SSSR count). The summed E-state index contributed by atoms with van der Waals surface area (Å²) in [6.07, 6.45) is 5.56. The van der Waals surface area contributed by atoms with E-state index in [1.54, 1.807) is 0 Å². The molecule has 116 valence electrons. The Morgan fingerprint density at radius 2 is 2.20 bits per heavy atom. The molecule has 0 aromatic carbocycles. The number of rotatable bonds is 4. The first kappa shape index (κ1) is 15.6. The number of hydrogen-bond acceptors (Lipinski definition) is 2. The van der Waals surface area contributed by atoms with E-state index in [9.17, 15) is 5.11 Å². The van der Waals surface area contributed by atoms with E-state index in [4.69, 9.17) is 4.99 Å². The third kappa shape index (κ3) is 3.66. The molecule has 0 spiro atoms. The Hall–Kier alpha value is -0.770. The Kier molecular flexibility index (Phi) is 5.30. The van der Waals surface area contributed by atoms with Crippen LogP contribution in [0.4, 0.5) is 0 Å². The van der Waals surface area contributed by atoms with Gasteiger partial charge in [-0.1, -0.05) is 20.3 Å². The third-order valence-electron chi connectivity index (χ3n) is 5.14. The molecule has 0 bridgehead atoms. The van der Waals surface area contributed by atoms with Gasteiger partial charge < -0.3 is 15.3 Å². The van der Waals surface area contributed by atoms with Crippen molar-refractivity contribution in [2.45, 2.75) is 59.0 Å². The maximum atomic E-state index is 9.91. The minimum absolute atomic E-state index is 0.138. The minimum atomic E-state index is -0.138. The zero-order valence-corrected chi connectivity index (χ0v) is 13.4. The van der Waals surface area contributed by atoms with Crippen LogP contribution in [0.25, 0.3) is 0 Å². The topological polar surface area (TPSA) is 47.9 Å². The van der Waals surface area contributed by atoms with Crippen LogP contribution in [-0.4, -0.2) is 48.2 Å². The van der Waals surface area contributed by atoms with E-state index in [2.05, 4.69) is 31.0 Å². The summed E-state index contributed by atoms with van der Waals surface area (Å²) in [6.45, 7) is 10.6. The molecular weight excluding hydrogens is 250 g/mol. The van der Waals surface area contributed by atoms with Gasteiger partial charge in [0, 0.05) is 32.1 Å². The van der Waals surface area contributed by atoms with Gasteiger partial charge in [0.1, 0.15) is 0 Å². The highest BCUT2D eigenvalue weighted by Crippen LogP contribution is 2.33. The maximum absolute atomic E-state index is 9.91. The van der Waals surface area contributed by atoms with Crippen LogP contribution in [0.3, 0.4) is 0 Å². The predicted molar refractivity (Wildman–Crippen MR) is 83.9 cm³/mol. The highest BCUT2D eigenvalue weighted by Gasteiger charge is 2.33. The second-order valence-corrected chi connectivity index (χ2v) is 6.79. The van der Waals surface area contributed by atoms with Crippen LogP contribution in [0, 0.1) is 11.3 Å². The second-order valence-electron chi connectivity index (χ2n) is 6.79. The van der Waals surface area contributed by atoms with Crippen molar-refractivity contribution in [3.05, 3.63) is 0 Å². The lowest BCUT2D eigenvalue weighted by Crippen LogP contribution is -2.41. The summed E-state index contributed by atoms with van der Waals surface area (Å²) < 4.78 is 0. The quantitative estimate of drug-likeness (QED) is 0.614. The van der Waals surface area contributed by atoms with E-state index in [0.29, 0.717) is 11.3 Å². The predicted octanol–water partition coefficient (Wildman–Crippen LogP) is 2.23.